The van der Waals surface area contributed by atoms with Crippen LogP contribution in [0.5, 0.6) is 0 Å². The number of amides is 1. The Kier molecular flexibility index (Phi) is 4.50. The van der Waals surface area contributed by atoms with Gasteiger partial charge in [-0.25, -0.2) is 0 Å². The van der Waals surface area contributed by atoms with Crippen LogP contribution in [-0.2, 0) is 11.2 Å². The average molecular weight is 319 g/mol. The highest BCUT2D eigenvalue weighted by molar-refractivity contribution is 6.30. The molecule has 114 valence electrons. The number of nitrogens with one attached hydrogen (secondary N) is 2. The summed E-state index contributed by atoms with van der Waals surface area (Å²) in [4.78, 5) is 16.1. The van der Waals surface area contributed by atoms with Crippen molar-refractivity contribution in [2.75, 3.05) is 13.1 Å². The van der Waals surface area contributed by atoms with E-state index in [1.807, 2.05) is 24.3 Å². The summed E-state index contributed by atoms with van der Waals surface area (Å²) in [6.45, 7) is 1.18. The Morgan fingerprint density at radius 1 is 1.41 bits per heavy atom. The van der Waals surface area contributed by atoms with E-state index >= 15 is 0 Å². The maximum atomic E-state index is 11.8. The lowest BCUT2D eigenvalue weighted by Gasteiger charge is -2.08. The van der Waals surface area contributed by atoms with Crippen molar-refractivity contribution in [1.29, 1.82) is 0 Å². The van der Waals surface area contributed by atoms with E-state index in [2.05, 4.69) is 20.8 Å². The lowest BCUT2D eigenvalue weighted by atomic mass is 10.2. The Bertz CT molecular complexity index is 681. The Balaban J connectivity index is 1.52. The van der Waals surface area contributed by atoms with Gasteiger partial charge >= 0.3 is 0 Å². The summed E-state index contributed by atoms with van der Waals surface area (Å²) in [5, 5.41) is 10.5. The summed E-state index contributed by atoms with van der Waals surface area (Å²) in [5.41, 5.74) is 0.837. The van der Waals surface area contributed by atoms with Gasteiger partial charge in [0.05, 0.1) is 0 Å². The molecule has 0 aliphatic carbocycles. The van der Waals surface area contributed by atoms with Crippen LogP contribution in [0.1, 0.15) is 5.89 Å². The Hall–Kier alpha value is -2.18. The molecule has 22 heavy (non-hydrogen) atoms. The van der Waals surface area contributed by atoms with E-state index < -0.39 is 0 Å². The molecule has 0 spiro atoms. The fourth-order valence-corrected chi connectivity index (χ4v) is 2.25. The van der Waals surface area contributed by atoms with Gasteiger partial charge in [0.15, 0.2) is 0 Å². The molecular weight excluding hydrogens is 304 g/mol. The third kappa shape index (κ3) is 3.52. The molecule has 1 aliphatic rings. The lowest BCUT2D eigenvalue weighted by Crippen LogP contribution is -2.41. The summed E-state index contributed by atoms with van der Waals surface area (Å²) in [6.07, 6.45) is 4.27. The van der Waals surface area contributed by atoms with Crippen LogP contribution in [0.3, 0.4) is 0 Å². The third-order valence-electron chi connectivity index (χ3n) is 3.28. The van der Waals surface area contributed by atoms with Crippen LogP contribution in [0.2, 0.25) is 5.02 Å². The first-order valence-electron chi connectivity index (χ1n) is 6.98. The van der Waals surface area contributed by atoms with Gasteiger partial charge in [-0.2, -0.15) is 4.98 Å². The van der Waals surface area contributed by atoms with E-state index in [0.717, 1.165) is 12.1 Å². The van der Waals surface area contributed by atoms with Crippen LogP contribution in [0.15, 0.2) is 40.9 Å². The number of rotatable bonds is 5. The molecule has 2 heterocycles. The zero-order valence-electron chi connectivity index (χ0n) is 11.8. The first kappa shape index (κ1) is 14.7. The molecule has 0 unspecified atom stereocenters. The molecule has 0 bridgehead atoms. The van der Waals surface area contributed by atoms with Gasteiger partial charge < -0.3 is 9.84 Å². The molecule has 3 rings (SSSR count). The number of benzene rings is 1. The van der Waals surface area contributed by atoms with Crippen molar-refractivity contribution in [2.24, 2.45) is 0 Å². The summed E-state index contributed by atoms with van der Waals surface area (Å²) < 4.78 is 5.18. The first-order chi connectivity index (χ1) is 10.7. The SMILES string of the molecule is O=C(NCCc1nc(-c2ccc(Cl)cc2)no1)[C@@H]1C=CCN1. The van der Waals surface area contributed by atoms with Gasteiger partial charge in [0.1, 0.15) is 6.04 Å². The number of aromatic nitrogens is 2. The maximum Gasteiger partial charge on any atom is 0.241 e. The zero-order chi connectivity index (χ0) is 15.4. The van der Waals surface area contributed by atoms with Crippen LogP contribution < -0.4 is 10.6 Å². The Morgan fingerprint density at radius 3 is 2.95 bits per heavy atom. The fraction of sp³-hybridized carbons (Fsp3) is 0.267. The largest absolute Gasteiger partial charge is 0.354 e. The molecule has 1 aromatic carbocycles. The van der Waals surface area contributed by atoms with Crippen LogP contribution in [-0.4, -0.2) is 35.2 Å². The second kappa shape index (κ2) is 6.72. The van der Waals surface area contributed by atoms with Crippen molar-refractivity contribution in [3.8, 4) is 11.4 Å². The van der Waals surface area contributed by atoms with Crippen LogP contribution in [0.25, 0.3) is 11.4 Å². The second-order valence-electron chi connectivity index (χ2n) is 4.87. The van der Waals surface area contributed by atoms with Crippen molar-refractivity contribution in [2.45, 2.75) is 12.5 Å². The minimum atomic E-state index is -0.243. The van der Waals surface area contributed by atoms with Gasteiger partial charge in [-0.05, 0) is 24.3 Å². The molecule has 1 atom stereocenters. The quantitative estimate of drug-likeness (QED) is 0.818. The molecule has 0 fully saturated rings. The molecule has 7 heteroatoms. The molecule has 1 aromatic heterocycles. The van der Waals surface area contributed by atoms with Crippen LogP contribution in [0, 0.1) is 0 Å². The van der Waals surface area contributed by atoms with Crippen molar-refractivity contribution < 1.29 is 9.32 Å². The first-order valence-corrected chi connectivity index (χ1v) is 7.36. The highest BCUT2D eigenvalue weighted by Gasteiger charge is 2.17. The Morgan fingerprint density at radius 2 is 2.23 bits per heavy atom. The molecule has 1 aliphatic heterocycles. The fourth-order valence-electron chi connectivity index (χ4n) is 2.12. The highest BCUT2D eigenvalue weighted by atomic mass is 35.5. The van der Waals surface area contributed by atoms with E-state index in [9.17, 15) is 4.79 Å². The third-order valence-corrected chi connectivity index (χ3v) is 3.53. The van der Waals surface area contributed by atoms with E-state index in [-0.39, 0.29) is 11.9 Å². The van der Waals surface area contributed by atoms with E-state index in [4.69, 9.17) is 16.1 Å². The number of hydrogen-bond acceptors (Lipinski definition) is 5. The molecule has 0 radical (unpaired) electrons. The summed E-state index contributed by atoms with van der Waals surface area (Å²) in [5.74, 6) is 0.949. The number of hydrogen-bond donors (Lipinski definition) is 2. The number of carbonyl (C=O) groups is 1. The summed E-state index contributed by atoms with van der Waals surface area (Å²) in [7, 11) is 0. The standard InChI is InChI=1S/C15H15ClN4O2/c16-11-5-3-10(4-6-11)14-19-13(22-20-14)7-9-18-15(21)12-2-1-8-17-12/h1-6,12,17H,7-9H2,(H,18,21)/t12-/m0/s1. The summed E-state index contributed by atoms with van der Waals surface area (Å²) in [6, 6.07) is 6.96. The Labute approximate surface area is 132 Å². The molecule has 2 aromatic rings. The smallest absolute Gasteiger partial charge is 0.241 e. The van der Waals surface area contributed by atoms with Crippen molar-refractivity contribution >= 4 is 17.5 Å². The predicted molar refractivity (Wildman–Crippen MR) is 82.4 cm³/mol. The normalized spacial score (nSPS) is 16.9. The maximum absolute atomic E-state index is 11.8. The van der Waals surface area contributed by atoms with Crippen molar-refractivity contribution in [3.63, 3.8) is 0 Å². The average Bonchev–Trinajstić information content (AvgIpc) is 3.19. The molecule has 0 saturated carbocycles. The van der Waals surface area contributed by atoms with E-state index in [1.165, 1.54) is 0 Å². The van der Waals surface area contributed by atoms with E-state index in [0.29, 0.717) is 29.7 Å². The van der Waals surface area contributed by atoms with Crippen molar-refractivity contribution in [3.05, 3.63) is 47.3 Å². The highest BCUT2D eigenvalue weighted by Crippen LogP contribution is 2.18. The minimum absolute atomic E-state index is 0.0498. The predicted octanol–water partition coefficient (Wildman–Crippen LogP) is 1.58. The number of carbonyl (C=O) groups excluding carboxylic acids is 1. The van der Waals surface area contributed by atoms with Gasteiger partial charge in [0, 0.05) is 30.1 Å². The van der Waals surface area contributed by atoms with Gasteiger partial charge in [0.2, 0.25) is 17.6 Å². The van der Waals surface area contributed by atoms with Gasteiger partial charge in [0.25, 0.3) is 0 Å². The number of halogens is 1. The lowest BCUT2D eigenvalue weighted by molar-refractivity contribution is -0.121. The van der Waals surface area contributed by atoms with Gasteiger partial charge in [-0.1, -0.05) is 28.9 Å². The molecule has 0 saturated heterocycles. The molecular formula is C15H15ClN4O2. The molecule has 6 nitrogen and oxygen atoms in total. The second-order valence-corrected chi connectivity index (χ2v) is 5.31. The number of nitrogens with zero attached hydrogens (tertiary/aromatic N) is 2. The minimum Gasteiger partial charge on any atom is -0.354 e. The van der Waals surface area contributed by atoms with Crippen molar-refractivity contribution in [1.82, 2.24) is 20.8 Å². The van der Waals surface area contributed by atoms with E-state index in [1.54, 1.807) is 12.1 Å². The van der Waals surface area contributed by atoms with Gasteiger partial charge in [-0.15, -0.1) is 0 Å². The van der Waals surface area contributed by atoms with Crippen LogP contribution >= 0.6 is 11.6 Å². The molecule has 2 N–H and O–H groups in total. The summed E-state index contributed by atoms with van der Waals surface area (Å²) >= 11 is 5.84. The van der Waals surface area contributed by atoms with Crippen LogP contribution in [0.4, 0.5) is 0 Å². The zero-order valence-corrected chi connectivity index (χ0v) is 12.5. The monoisotopic (exact) mass is 318 g/mol. The molecule has 1 amide bonds. The topological polar surface area (TPSA) is 80.1 Å². The van der Waals surface area contributed by atoms with Gasteiger partial charge in [-0.3, -0.25) is 10.1 Å².